The van der Waals surface area contributed by atoms with E-state index >= 15 is 0 Å². The van der Waals surface area contributed by atoms with E-state index < -0.39 is 44.8 Å². The van der Waals surface area contributed by atoms with Crippen LogP contribution < -0.4 is 15.2 Å². The molecule has 0 atom stereocenters. The third-order valence-corrected chi connectivity index (χ3v) is 6.43. The molecule has 0 amide bonds. The van der Waals surface area contributed by atoms with Crippen LogP contribution in [0.15, 0.2) is 76.8 Å². The number of nitrogens with zero attached hydrogens (tertiary/aromatic N) is 1. The van der Waals surface area contributed by atoms with Crippen molar-refractivity contribution in [3.63, 3.8) is 0 Å². The van der Waals surface area contributed by atoms with Crippen molar-refractivity contribution in [1.29, 1.82) is 0 Å². The van der Waals surface area contributed by atoms with Crippen LogP contribution in [0, 0.1) is 5.82 Å². The Morgan fingerprint density at radius 1 is 1.08 bits per heavy atom. The molecule has 0 aliphatic heterocycles. The van der Waals surface area contributed by atoms with Gasteiger partial charge in [-0.25, -0.2) is 12.8 Å². The molecule has 0 fully saturated rings. The van der Waals surface area contributed by atoms with E-state index in [2.05, 4.69) is 14.5 Å². The lowest BCUT2D eigenvalue weighted by Gasteiger charge is -2.16. The first-order chi connectivity index (χ1) is 17.8. The molecule has 0 aliphatic carbocycles. The number of aliphatic imine (C=N–C) groups is 1. The number of anilines is 1. The Kier molecular flexibility index (Phi) is 8.71. The molecule has 0 aliphatic rings. The highest BCUT2D eigenvalue weighted by molar-refractivity contribution is 7.92. The molecule has 0 saturated heterocycles. The lowest BCUT2D eigenvalue weighted by Crippen LogP contribution is -2.16. The van der Waals surface area contributed by atoms with Crippen LogP contribution in [0.25, 0.3) is 16.7 Å². The van der Waals surface area contributed by atoms with E-state index in [0.717, 1.165) is 42.6 Å². The number of rotatable bonds is 9. The molecule has 3 aromatic carbocycles. The minimum atomic E-state index is -4.78. The van der Waals surface area contributed by atoms with Crippen molar-refractivity contribution in [2.45, 2.75) is 24.6 Å². The number of alkyl halides is 5. The molecule has 0 saturated carbocycles. The van der Waals surface area contributed by atoms with Gasteiger partial charge in [0, 0.05) is 36.2 Å². The molecule has 13 heteroatoms. The first kappa shape index (κ1) is 28.6. The Hall–Kier alpha value is -4.00. The molecule has 0 spiro atoms. The third kappa shape index (κ3) is 7.06. The Morgan fingerprint density at radius 2 is 1.82 bits per heavy atom. The van der Waals surface area contributed by atoms with E-state index in [1.165, 1.54) is 24.4 Å². The van der Waals surface area contributed by atoms with Crippen molar-refractivity contribution in [3.8, 4) is 16.9 Å². The first-order valence-electron chi connectivity index (χ1n) is 10.9. The fourth-order valence-electron chi connectivity index (χ4n) is 3.40. The number of nitrogens with two attached hydrogens (primary N) is 1. The van der Waals surface area contributed by atoms with Gasteiger partial charge in [0.1, 0.15) is 11.6 Å². The largest absolute Gasteiger partial charge is 0.435 e. The zero-order valence-corrected chi connectivity index (χ0v) is 20.5. The number of sulfonamides is 1. The van der Waals surface area contributed by atoms with Crippen LogP contribution in [0.5, 0.6) is 5.75 Å². The van der Waals surface area contributed by atoms with Crippen LogP contribution in [0.3, 0.4) is 0 Å². The average molecular weight is 558 g/mol. The summed E-state index contributed by atoms with van der Waals surface area (Å²) < 4.78 is 112. The standard InChI is InChI=1S/C25H21F6N3O3S/c1-2-33-14-17(13-32)22-7-6-15(16-8-19(26)12-20(9-16)37-24(27)28)10-23(22)34-38(35,36)21-5-3-4-18(11-21)25(29,30)31/h3-14,24,34H,2,32H2,1H3. The maximum Gasteiger partial charge on any atom is 0.416 e. The van der Waals surface area contributed by atoms with Crippen LogP contribution in [-0.2, 0) is 16.2 Å². The predicted octanol–water partition coefficient (Wildman–Crippen LogP) is 6.30. The molecule has 3 aromatic rings. The van der Waals surface area contributed by atoms with Crippen LogP contribution in [0.4, 0.5) is 32.0 Å². The lowest BCUT2D eigenvalue weighted by atomic mass is 9.99. The topological polar surface area (TPSA) is 93.8 Å². The number of benzene rings is 3. The van der Waals surface area contributed by atoms with Crippen molar-refractivity contribution in [3.05, 3.63) is 83.8 Å². The number of hydrogen-bond acceptors (Lipinski definition) is 5. The van der Waals surface area contributed by atoms with Crippen LogP contribution in [0.2, 0.25) is 0 Å². The summed E-state index contributed by atoms with van der Waals surface area (Å²) in [7, 11) is -4.57. The second-order valence-electron chi connectivity index (χ2n) is 7.70. The Bertz CT molecular complexity index is 1470. The summed E-state index contributed by atoms with van der Waals surface area (Å²) >= 11 is 0. The Balaban J connectivity index is 2.15. The fourth-order valence-corrected chi connectivity index (χ4v) is 4.51. The highest BCUT2D eigenvalue weighted by Gasteiger charge is 2.32. The number of nitrogens with one attached hydrogen (secondary N) is 1. The maximum absolute atomic E-state index is 14.1. The number of ether oxygens (including phenoxy) is 1. The molecule has 3 N–H and O–H groups in total. The van der Waals surface area contributed by atoms with E-state index in [1.807, 2.05) is 0 Å². The van der Waals surface area contributed by atoms with Gasteiger partial charge in [-0.15, -0.1) is 0 Å². The summed E-state index contributed by atoms with van der Waals surface area (Å²) in [4.78, 5) is 3.41. The Labute approximate surface area is 214 Å². The molecule has 6 nitrogen and oxygen atoms in total. The van der Waals surface area contributed by atoms with Crippen LogP contribution >= 0.6 is 0 Å². The van der Waals surface area contributed by atoms with Gasteiger partial charge in [0.2, 0.25) is 0 Å². The molecule has 202 valence electrons. The van der Waals surface area contributed by atoms with Gasteiger partial charge in [0.15, 0.2) is 0 Å². The Morgan fingerprint density at radius 3 is 2.45 bits per heavy atom. The second-order valence-corrected chi connectivity index (χ2v) is 9.38. The minimum Gasteiger partial charge on any atom is -0.435 e. The van der Waals surface area contributed by atoms with Gasteiger partial charge in [-0.2, -0.15) is 22.0 Å². The highest BCUT2D eigenvalue weighted by atomic mass is 32.2. The predicted molar refractivity (Wildman–Crippen MR) is 132 cm³/mol. The quantitative estimate of drug-likeness (QED) is 0.238. The maximum atomic E-state index is 14.1. The van der Waals surface area contributed by atoms with Gasteiger partial charge in [-0.05, 0) is 54.4 Å². The van der Waals surface area contributed by atoms with E-state index in [-0.39, 0.29) is 28.0 Å². The first-order valence-corrected chi connectivity index (χ1v) is 12.3. The van der Waals surface area contributed by atoms with Crippen molar-refractivity contribution in [2.24, 2.45) is 10.7 Å². The highest BCUT2D eigenvalue weighted by Crippen LogP contribution is 2.34. The van der Waals surface area contributed by atoms with Crippen molar-refractivity contribution in [2.75, 3.05) is 11.3 Å². The van der Waals surface area contributed by atoms with Gasteiger partial charge < -0.3 is 10.5 Å². The molecule has 0 bridgehead atoms. The van der Waals surface area contributed by atoms with Gasteiger partial charge in [-0.3, -0.25) is 9.71 Å². The van der Waals surface area contributed by atoms with Crippen molar-refractivity contribution < 1.29 is 39.5 Å². The zero-order valence-electron chi connectivity index (χ0n) is 19.6. The van der Waals surface area contributed by atoms with Crippen LogP contribution in [-0.4, -0.2) is 27.8 Å². The smallest absolute Gasteiger partial charge is 0.416 e. The number of halogens is 6. The van der Waals surface area contributed by atoms with Gasteiger partial charge in [0.05, 0.1) is 16.1 Å². The van der Waals surface area contributed by atoms with E-state index in [4.69, 9.17) is 5.73 Å². The summed E-state index contributed by atoms with van der Waals surface area (Å²) in [6.07, 6.45) is -2.26. The molecular weight excluding hydrogens is 536 g/mol. The second kappa shape index (κ2) is 11.6. The number of hydrogen-bond donors (Lipinski definition) is 2. The zero-order chi connectivity index (χ0) is 28.1. The third-order valence-electron chi connectivity index (χ3n) is 5.07. The molecule has 3 rings (SSSR count). The van der Waals surface area contributed by atoms with E-state index in [0.29, 0.717) is 12.6 Å². The summed E-state index contributed by atoms with van der Waals surface area (Å²) in [5, 5.41) is 0. The fraction of sp³-hybridized carbons (Fsp3) is 0.160. The normalized spacial score (nSPS) is 12.8. The van der Waals surface area contributed by atoms with Gasteiger partial charge in [-0.1, -0.05) is 18.2 Å². The van der Waals surface area contributed by atoms with E-state index in [1.54, 1.807) is 6.92 Å². The van der Waals surface area contributed by atoms with Crippen molar-refractivity contribution in [1.82, 2.24) is 0 Å². The summed E-state index contributed by atoms with van der Waals surface area (Å²) in [5.41, 5.74) is 5.10. The summed E-state index contributed by atoms with van der Waals surface area (Å²) in [5.74, 6) is -1.37. The SMILES string of the molecule is CCN=CC(=CN)c1ccc(-c2cc(F)cc(OC(F)F)c2)cc1NS(=O)(=O)c1cccc(C(F)(F)F)c1. The summed E-state index contributed by atoms with van der Waals surface area (Å²) in [6.45, 7) is -1.10. The average Bonchev–Trinajstić information content (AvgIpc) is 2.83. The van der Waals surface area contributed by atoms with E-state index in [9.17, 15) is 34.8 Å². The van der Waals surface area contributed by atoms with Crippen molar-refractivity contribution >= 4 is 27.5 Å². The molecule has 0 heterocycles. The minimum absolute atomic E-state index is 0.0622. The van der Waals surface area contributed by atoms with Gasteiger partial charge >= 0.3 is 12.8 Å². The monoisotopic (exact) mass is 557 g/mol. The van der Waals surface area contributed by atoms with Gasteiger partial charge in [0.25, 0.3) is 10.0 Å². The molecule has 0 aromatic heterocycles. The lowest BCUT2D eigenvalue weighted by molar-refractivity contribution is -0.137. The number of allylic oxidation sites excluding steroid dienone is 1. The molecule has 0 unspecified atom stereocenters. The molecule has 0 radical (unpaired) electrons. The molecular formula is C25H21F6N3O3S. The molecule has 38 heavy (non-hydrogen) atoms. The van der Waals surface area contributed by atoms with Crippen LogP contribution in [0.1, 0.15) is 18.1 Å². The summed E-state index contributed by atoms with van der Waals surface area (Å²) in [6, 6.07) is 10.1.